The first-order chi connectivity index (χ1) is 15.1. The van der Waals surface area contributed by atoms with E-state index in [2.05, 4.69) is 15.3 Å². The predicted octanol–water partition coefficient (Wildman–Crippen LogP) is 4.90. The number of ether oxygens (including phenoxy) is 2. The van der Waals surface area contributed by atoms with Gasteiger partial charge in [0.05, 0.1) is 11.9 Å². The highest BCUT2D eigenvalue weighted by atomic mass is 32.1. The Morgan fingerprint density at radius 2 is 1.90 bits per heavy atom. The molecule has 0 radical (unpaired) electrons. The summed E-state index contributed by atoms with van der Waals surface area (Å²) in [7, 11) is 0. The summed E-state index contributed by atoms with van der Waals surface area (Å²) in [6.07, 6.45) is 2.11. The number of hydrogen-bond acceptors (Lipinski definition) is 7. The van der Waals surface area contributed by atoms with Crippen LogP contribution >= 0.6 is 11.3 Å². The molecule has 0 saturated heterocycles. The number of halogens is 1. The summed E-state index contributed by atoms with van der Waals surface area (Å²) < 4.78 is 29.4. The number of carbonyl (C=O) groups is 1. The van der Waals surface area contributed by atoms with E-state index in [1.807, 2.05) is 23.6 Å². The van der Waals surface area contributed by atoms with Crippen LogP contribution in [0.3, 0.4) is 0 Å². The molecule has 0 atom stereocenters. The highest BCUT2D eigenvalue weighted by Gasteiger charge is 2.16. The van der Waals surface area contributed by atoms with E-state index in [4.69, 9.17) is 13.9 Å². The minimum atomic E-state index is -0.316. The maximum absolute atomic E-state index is 13.0. The van der Waals surface area contributed by atoms with Gasteiger partial charge < -0.3 is 19.2 Å². The Morgan fingerprint density at radius 3 is 2.77 bits per heavy atom. The average Bonchev–Trinajstić information content (AvgIpc) is 3.53. The number of aryl methyl sites for hydroxylation is 1. The van der Waals surface area contributed by atoms with Gasteiger partial charge in [0.2, 0.25) is 12.7 Å². The number of benzene rings is 2. The second-order valence-corrected chi connectivity index (χ2v) is 7.64. The van der Waals surface area contributed by atoms with Gasteiger partial charge in [0.25, 0.3) is 0 Å². The van der Waals surface area contributed by atoms with Crippen LogP contribution in [0.5, 0.6) is 11.5 Å². The molecule has 1 N–H and O–H groups in total. The molecule has 5 rings (SSSR count). The first kappa shape index (κ1) is 19.3. The van der Waals surface area contributed by atoms with Crippen molar-refractivity contribution in [3.05, 3.63) is 65.7 Å². The fraction of sp³-hybridized carbons (Fsp3) is 0.136. The molecular weight excluding hydrogens is 421 g/mol. The van der Waals surface area contributed by atoms with Crippen molar-refractivity contribution >= 4 is 22.4 Å². The Bertz CT molecular complexity index is 1240. The monoisotopic (exact) mass is 437 g/mol. The van der Waals surface area contributed by atoms with Gasteiger partial charge in [-0.05, 0) is 42.5 Å². The van der Waals surface area contributed by atoms with Gasteiger partial charge in [-0.1, -0.05) is 0 Å². The molecule has 2 aromatic heterocycles. The number of fused-ring (bicyclic) bond motifs is 1. The number of nitrogens with one attached hydrogen (secondary N) is 1. The number of nitrogens with zero attached hydrogens (tertiary/aromatic N) is 2. The van der Waals surface area contributed by atoms with E-state index in [0.29, 0.717) is 34.7 Å². The third-order valence-electron chi connectivity index (χ3n) is 4.67. The van der Waals surface area contributed by atoms with Crippen molar-refractivity contribution in [2.24, 2.45) is 0 Å². The largest absolute Gasteiger partial charge is 0.454 e. The summed E-state index contributed by atoms with van der Waals surface area (Å²) in [4.78, 5) is 21.0. The number of carbonyl (C=O) groups excluding carboxylic acids is 1. The Kier molecular flexibility index (Phi) is 5.09. The summed E-state index contributed by atoms with van der Waals surface area (Å²) in [5, 5.41) is 5.18. The molecule has 0 bridgehead atoms. The normalized spacial score (nSPS) is 12.2. The average molecular weight is 437 g/mol. The van der Waals surface area contributed by atoms with Crippen molar-refractivity contribution in [1.82, 2.24) is 9.97 Å². The number of rotatable bonds is 6. The molecule has 0 saturated carbocycles. The molecule has 9 heteroatoms. The molecule has 0 fully saturated rings. The molecule has 3 heterocycles. The van der Waals surface area contributed by atoms with Crippen LogP contribution in [-0.4, -0.2) is 22.7 Å². The number of oxazole rings is 1. The van der Waals surface area contributed by atoms with Gasteiger partial charge in [-0.15, -0.1) is 11.3 Å². The van der Waals surface area contributed by atoms with E-state index in [1.165, 1.54) is 23.5 Å². The van der Waals surface area contributed by atoms with Crippen LogP contribution < -0.4 is 14.8 Å². The first-order valence-corrected chi connectivity index (χ1v) is 10.4. The number of aromatic nitrogens is 2. The molecule has 4 aromatic rings. The van der Waals surface area contributed by atoms with Crippen LogP contribution in [-0.2, 0) is 11.2 Å². The summed E-state index contributed by atoms with van der Waals surface area (Å²) in [5.41, 5.74) is 2.35. The van der Waals surface area contributed by atoms with Gasteiger partial charge in [-0.2, -0.15) is 0 Å². The third kappa shape index (κ3) is 4.26. The molecule has 0 aliphatic carbocycles. The lowest BCUT2D eigenvalue weighted by Crippen LogP contribution is -2.12. The predicted molar refractivity (Wildman–Crippen MR) is 113 cm³/mol. The zero-order valence-electron chi connectivity index (χ0n) is 16.1. The Balaban J connectivity index is 1.18. The van der Waals surface area contributed by atoms with Crippen LogP contribution in [0.1, 0.15) is 12.3 Å². The summed E-state index contributed by atoms with van der Waals surface area (Å²) in [6.45, 7) is 0.215. The highest BCUT2D eigenvalue weighted by molar-refractivity contribution is 7.14. The molecule has 7 nitrogen and oxygen atoms in total. The molecule has 156 valence electrons. The van der Waals surface area contributed by atoms with Gasteiger partial charge in [-0.3, -0.25) is 4.79 Å². The number of amides is 1. The molecule has 31 heavy (non-hydrogen) atoms. The maximum Gasteiger partial charge on any atom is 0.231 e. The third-order valence-corrected chi connectivity index (χ3v) is 5.42. The molecular formula is C22H16FN3O4S. The fourth-order valence-electron chi connectivity index (χ4n) is 3.10. The lowest BCUT2D eigenvalue weighted by Gasteiger charge is -2.01. The van der Waals surface area contributed by atoms with Crippen molar-refractivity contribution in [3.63, 3.8) is 0 Å². The van der Waals surface area contributed by atoms with Crippen molar-refractivity contribution < 1.29 is 23.1 Å². The lowest BCUT2D eigenvalue weighted by molar-refractivity contribution is -0.116. The summed E-state index contributed by atoms with van der Waals surface area (Å²) in [6, 6.07) is 11.6. The maximum atomic E-state index is 13.0. The van der Waals surface area contributed by atoms with E-state index in [9.17, 15) is 9.18 Å². The number of anilines is 1. The van der Waals surface area contributed by atoms with E-state index >= 15 is 0 Å². The Labute approximate surface area is 180 Å². The van der Waals surface area contributed by atoms with Gasteiger partial charge in [0, 0.05) is 29.3 Å². The quantitative estimate of drug-likeness (QED) is 0.462. The van der Waals surface area contributed by atoms with Crippen molar-refractivity contribution in [1.29, 1.82) is 0 Å². The summed E-state index contributed by atoms with van der Waals surface area (Å²) >= 11 is 1.35. The molecule has 2 aromatic carbocycles. The minimum Gasteiger partial charge on any atom is -0.454 e. The smallest absolute Gasteiger partial charge is 0.231 e. The van der Waals surface area contributed by atoms with Gasteiger partial charge in [0.1, 0.15) is 5.82 Å². The second-order valence-electron chi connectivity index (χ2n) is 6.78. The molecule has 0 unspecified atom stereocenters. The molecule has 1 amide bonds. The van der Waals surface area contributed by atoms with Crippen molar-refractivity contribution in [2.45, 2.75) is 12.8 Å². The second kappa shape index (κ2) is 8.19. The van der Waals surface area contributed by atoms with Crippen molar-refractivity contribution in [3.8, 4) is 34.1 Å². The Hall–Kier alpha value is -3.72. The SMILES string of the molecule is O=C(CCc1ncc(-c2ccc(F)cc2)o1)Nc1nc(-c2ccc3c(c2)OCO3)cs1. The zero-order chi connectivity index (χ0) is 21.2. The van der Waals surface area contributed by atoms with Gasteiger partial charge in [-0.25, -0.2) is 14.4 Å². The number of hydrogen-bond donors (Lipinski definition) is 1. The minimum absolute atomic E-state index is 0.187. The fourth-order valence-corrected chi connectivity index (χ4v) is 3.83. The van der Waals surface area contributed by atoms with Crippen molar-refractivity contribution in [2.75, 3.05) is 12.1 Å². The molecule has 0 spiro atoms. The standard InChI is InChI=1S/C22H16FN3O4S/c23-15-4-1-13(2-5-15)19-10-24-21(30-19)8-7-20(27)26-22-25-16(11-31-22)14-3-6-17-18(9-14)29-12-28-17/h1-6,9-11H,7-8,12H2,(H,25,26,27). The van der Waals surface area contributed by atoms with Crippen LogP contribution in [0.25, 0.3) is 22.6 Å². The first-order valence-electron chi connectivity index (χ1n) is 9.50. The van der Waals surface area contributed by atoms with Crippen LogP contribution in [0.4, 0.5) is 9.52 Å². The molecule has 1 aliphatic rings. The van der Waals surface area contributed by atoms with Gasteiger partial charge >= 0.3 is 0 Å². The Morgan fingerprint density at radius 1 is 1.10 bits per heavy atom. The van der Waals surface area contributed by atoms with Crippen LogP contribution in [0, 0.1) is 5.82 Å². The topological polar surface area (TPSA) is 86.5 Å². The lowest BCUT2D eigenvalue weighted by atomic mass is 10.1. The van der Waals surface area contributed by atoms with E-state index in [1.54, 1.807) is 18.3 Å². The summed E-state index contributed by atoms with van der Waals surface area (Å²) in [5.74, 6) is 1.86. The van der Waals surface area contributed by atoms with E-state index in [-0.39, 0.29) is 24.9 Å². The zero-order valence-corrected chi connectivity index (χ0v) is 16.9. The van der Waals surface area contributed by atoms with E-state index < -0.39 is 0 Å². The van der Waals surface area contributed by atoms with Crippen LogP contribution in [0.15, 0.2) is 58.5 Å². The van der Waals surface area contributed by atoms with E-state index in [0.717, 1.165) is 16.8 Å². The highest BCUT2D eigenvalue weighted by Crippen LogP contribution is 2.36. The number of thiazole rings is 1. The van der Waals surface area contributed by atoms with Gasteiger partial charge in [0.15, 0.2) is 28.3 Å². The molecule has 1 aliphatic heterocycles. The van der Waals surface area contributed by atoms with Crippen LogP contribution in [0.2, 0.25) is 0 Å².